The lowest BCUT2D eigenvalue weighted by Crippen LogP contribution is -2.42. The van der Waals surface area contributed by atoms with Crippen molar-refractivity contribution in [2.24, 2.45) is 17.3 Å². The van der Waals surface area contributed by atoms with Gasteiger partial charge in [-0.05, 0) is 56.8 Å². The van der Waals surface area contributed by atoms with Crippen molar-refractivity contribution in [3.05, 3.63) is 0 Å². The summed E-state index contributed by atoms with van der Waals surface area (Å²) in [5, 5.41) is 0. The van der Waals surface area contributed by atoms with Crippen molar-refractivity contribution >= 4 is 23.2 Å². The lowest BCUT2D eigenvalue weighted by molar-refractivity contribution is -0.0708. The fraction of sp³-hybridized carbons (Fsp3) is 1.00. The van der Waals surface area contributed by atoms with Crippen molar-refractivity contribution in [3.8, 4) is 0 Å². The smallest absolute Gasteiger partial charge is 0.118 e. The van der Waals surface area contributed by atoms with Gasteiger partial charge in [0.2, 0.25) is 0 Å². The Hall–Kier alpha value is 0.500. The van der Waals surface area contributed by atoms with E-state index < -0.39 is 4.33 Å². The molecular weight excluding hydrogens is 367 g/mol. The number of ether oxygens (including phenoxy) is 2. The molecule has 1 saturated carbocycles. The summed E-state index contributed by atoms with van der Waals surface area (Å²) in [5.74, 6) is 1.16. The molecule has 0 aromatic carbocycles. The molecule has 0 atom stereocenters. The van der Waals surface area contributed by atoms with Gasteiger partial charge in [-0.3, -0.25) is 0 Å². The van der Waals surface area contributed by atoms with Crippen molar-refractivity contribution in [2.75, 3.05) is 26.4 Å². The van der Waals surface area contributed by atoms with Gasteiger partial charge in [0, 0.05) is 18.6 Å². The van der Waals surface area contributed by atoms with Gasteiger partial charge in [-0.1, -0.05) is 47.0 Å². The normalized spacial score (nSPS) is 17.2. The summed E-state index contributed by atoms with van der Waals surface area (Å²) < 4.78 is 11.6. The van der Waals surface area contributed by atoms with Crippen LogP contribution in [0, 0.1) is 17.3 Å². The monoisotopic (exact) mass is 408 g/mol. The quantitative estimate of drug-likeness (QED) is 0.220. The highest BCUT2D eigenvalue weighted by Gasteiger charge is 2.41. The van der Waals surface area contributed by atoms with E-state index in [0.29, 0.717) is 11.8 Å². The van der Waals surface area contributed by atoms with Gasteiger partial charge in [-0.2, -0.15) is 0 Å². The minimum Gasteiger partial charge on any atom is -0.381 e. The largest absolute Gasteiger partial charge is 0.381 e. The summed E-state index contributed by atoms with van der Waals surface area (Å²) >= 11 is 13.4. The minimum absolute atomic E-state index is 0.0524. The fourth-order valence-electron chi connectivity index (χ4n) is 4.31. The van der Waals surface area contributed by atoms with E-state index in [0.717, 1.165) is 58.5 Å². The molecule has 0 bridgehead atoms. The van der Waals surface area contributed by atoms with Gasteiger partial charge < -0.3 is 9.47 Å². The topological polar surface area (TPSA) is 18.5 Å². The molecule has 0 saturated heterocycles. The van der Waals surface area contributed by atoms with Gasteiger partial charge in [0.15, 0.2) is 0 Å². The second-order valence-electron chi connectivity index (χ2n) is 8.76. The van der Waals surface area contributed by atoms with Crippen LogP contribution in [0.5, 0.6) is 0 Å². The maximum atomic E-state index is 6.68. The van der Waals surface area contributed by atoms with E-state index in [-0.39, 0.29) is 5.41 Å². The molecule has 2 nitrogen and oxygen atoms in total. The molecule has 1 fully saturated rings. The Kier molecular flexibility index (Phi) is 12.1. The molecule has 0 aromatic heterocycles. The molecule has 1 aliphatic carbocycles. The van der Waals surface area contributed by atoms with Gasteiger partial charge >= 0.3 is 0 Å². The van der Waals surface area contributed by atoms with Crippen LogP contribution in [0.25, 0.3) is 0 Å². The molecule has 0 spiro atoms. The second-order valence-corrected chi connectivity index (χ2v) is 10.4. The van der Waals surface area contributed by atoms with E-state index in [4.69, 9.17) is 32.7 Å². The lowest BCUT2D eigenvalue weighted by Gasteiger charge is -2.43. The SMILES string of the molecule is CCCOCC(CCC(Cl)(Cl)CC(C)C)(COCCC)C1CCCCC1. The summed E-state index contributed by atoms with van der Waals surface area (Å²) in [6.07, 6.45) is 11.3. The summed E-state index contributed by atoms with van der Waals surface area (Å²) in [6, 6.07) is 0. The third-order valence-electron chi connectivity index (χ3n) is 5.64. The lowest BCUT2D eigenvalue weighted by atomic mass is 9.66. The Labute approximate surface area is 172 Å². The standard InChI is InChI=1S/C22H42Cl2O2/c1-5-14-25-17-21(18-26-15-6-2,20-10-8-7-9-11-20)12-13-22(23,24)16-19(3)4/h19-20H,5-18H2,1-4H3. The van der Waals surface area contributed by atoms with Crippen molar-refractivity contribution < 1.29 is 9.47 Å². The van der Waals surface area contributed by atoms with Crippen molar-refractivity contribution in [3.63, 3.8) is 0 Å². The zero-order valence-electron chi connectivity index (χ0n) is 17.6. The summed E-state index contributed by atoms with van der Waals surface area (Å²) in [7, 11) is 0. The summed E-state index contributed by atoms with van der Waals surface area (Å²) in [6.45, 7) is 11.9. The first-order valence-electron chi connectivity index (χ1n) is 10.9. The van der Waals surface area contributed by atoms with Crippen LogP contribution >= 0.6 is 23.2 Å². The molecule has 1 rings (SSSR count). The molecule has 0 heterocycles. The zero-order chi connectivity index (χ0) is 19.5. The fourth-order valence-corrected chi connectivity index (χ4v) is 5.12. The maximum Gasteiger partial charge on any atom is 0.118 e. The number of hydrogen-bond donors (Lipinski definition) is 0. The molecule has 0 amide bonds. The molecule has 0 aliphatic heterocycles. The van der Waals surface area contributed by atoms with E-state index in [1.165, 1.54) is 32.1 Å². The third kappa shape index (κ3) is 9.13. The van der Waals surface area contributed by atoms with Crippen molar-refractivity contribution in [2.45, 2.75) is 96.2 Å². The Morgan fingerprint density at radius 3 is 1.88 bits per heavy atom. The maximum absolute atomic E-state index is 6.68. The zero-order valence-corrected chi connectivity index (χ0v) is 19.1. The van der Waals surface area contributed by atoms with E-state index >= 15 is 0 Å². The molecular formula is C22H42Cl2O2. The third-order valence-corrected chi connectivity index (χ3v) is 6.33. The Bertz CT molecular complexity index is 342. The number of hydrogen-bond acceptors (Lipinski definition) is 2. The van der Waals surface area contributed by atoms with Crippen LogP contribution < -0.4 is 0 Å². The van der Waals surface area contributed by atoms with Crippen LogP contribution in [-0.4, -0.2) is 30.8 Å². The molecule has 1 aliphatic rings. The average Bonchev–Trinajstić information content (AvgIpc) is 2.59. The van der Waals surface area contributed by atoms with Crippen molar-refractivity contribution in [1.82, 2.24) is 0 Å². The van der Waals surface area contributed by atoms with Crippen molar-refractivity contribution in [1.29, 1.82) is 0 Å². The molecule has 0 N–H and O–H groups in total. The van der Waals surface area contributed by atoms with Crippen LogP contribution in [-0.2, 0) is 9.47 Å². The Morgan fingerprint density at radius 1 is 0.885 bits per heavy atom. The highest BCUT2D eigenvalue weighted by molar-refractivity contribution is 6.48. The number of halogens is 2. The van der Waals surface area contributed by atoms with Gasteiger partial charge in [0.1, 0.15) is 4.33 Å². The van der Waals surface area contributed by atoms with Crippen LogP contribution in [0.1, 0.15) is 91.9 Å². The first kappa shape index (κ1) is 24.5. The van der Waals surface area contributed by atoms with E-state index in [9.17, 15) is 0 Å². The predicted octanol–water partition coefficient (Wildman–Crippen LogP) is 7.41. The van der Waals surface area contributed by atoms with Gasteiger partial charge in [0.25, 0.3) is 0 Å². The van der Waals surface area contributed by atoms with Crippen LogP contribution in [0.2, 0.25) is 0 Å². The van der Waals surface area contributed by atoms with Crippen LogP contribution in [0.3, 0.4) is 0 Å². The first-order valence-corrected chi connectivity index (χ1v) is 11.6. The second kappa shape index (κ2) is 12.9. The minimum atomic E-state index is -0.649. The predicted molar refractivity (Wildman–Crippen MR) is 114 cm³/mol. The summed E-state index contributed by atoms with van der Waals surface area (Å²) in [5.41, 5.74) is 0.0524. The highest BCUT2D eigenvalue weighted by atomic mass is 35.5. The number of alkyl halides is 2. The van der Waals surface area contributed by atoms with E-state index in [1.807, 2.05) is 0 Å². The summed E-state index contributed by atoms with van der Waals surface area (Å²) in [4.78, 5) is 0. The highest BCUT2D eigenvalue weighted by Crippen LogP contribution is 2.46. The van der Waals surface area contributed by atoms with Crippen LogP contribution in [0.15, 0.2) is 0 Å². The van der Waals surface area contributed by atoms with E-state index in [2.05, 4.69) is 27.7 Å². The Morgan fingerprint density at radius 2 is 1.42 bits per heavy atom. The van der Waals surface area contributed by atoms with Gasteiger partial charge in [0.05, 0.1) is 13.2 Å². The van der Waals surface area contributed by atoms with Gasteiger partial charge in [-0.25, -0.2) is 0 Å². The molecule has 0 unspecified atom stereocenters. The van der Waals surface area contributed by atoms with Crippen LogP contribution in [0.4, 0.5) is 0 Å². The molecule has 156 valence electrons. The first-order chi connectivity index (χ1) is 12.4. The van der Waals surface area contributed by atoms with E-state index in [1.54, 1.807) is 0 Å². The molecule has 26 heavy (non-hydrogen) atoms. The molecule has 0 radical (unpaired) electrons. The molecule has 4 heteroatoms. The molecule has 0 aromatic rings. The average molecular weight is 409 g/mol. The van der Waals surface area contributed by atoms with Gasteiger partial charge in [-0.15, -0.1) is 23.2 Å². The Balaban J connectivity index is 2.88. The number of rotatable bonds is 14.